The number of likely N-dealkylation sites (tertiary alicyclic amines) is 1. The molecule has 1 N–H and O–H groups in total. The second kappa shape index (κ2) is 5.03. The van der Waals surface area contributed by atoms with Crippen molar-refractivity contribution < 1.29 is 9.59 Å². The number of rotatable bonds is 3. The Balaban J connectivity index is 1.68. The Morgan fingerprint density at radius 3 is 2.16 bits per heavy atom. The molecule has 1 saturated carbocycles. The minimum Gasteiger partial charge on any atom is -0.367 e. The average Bonchev–Trinajstić information content (AvgIpc) is 2.71. The summed E-state index contributed by atoms with van der Waals surface area (Å²) in [6.07, 6.45) is 3.88. The van der Waals surface area contributed by atoms with Crippen LogP contribution in [0.2, 0.25) is 0 Å². The van der Waals surface area contributed by atoms with Crippen LogP contribution in [0.4, 0.5) is 5.69 Å². The van der Waals surface area contributed by atoms with Crippen LogP contribution in [0.5, 0.6) is 0 Å². The number of amides is 2. The fourth-order valence-electron chi connectivity index (χ4n) is 3.11. The molecule has 0 aromatic heterocycles. The van der Waals surface area contributed by atoms with Gasteiger partial charge in [0, 0.05) is 5.69 Å². The number of benzene rings is 1. The van der Waals surface area contributed by atoms with Gasteiger partial charge in [-0.3, -0.25) is 14.5 Å². The Kier molecular flexibility index (Phi) is 3.23. The van der Waals surface area contributed by atoms with E-state index in [0.717, 1.165) is 31.4 Å². The first kappa shape index (κ1) is 12.2. The van der Waals surface area contributed by atoms with Crippen molar-refractivity contribution in [1.29, 1.82) is 0 Å². The Hall–Kier alpha value is -1.84. The van der Waals surface area contributed by atoms with E-state index in [9.17, 15) is 9.59 Å². The highest BCUT2D eigenvalue weighted by atomic mass is 16.2. The summed E-state index contributed by atoms with van der Waals surface area (Å²) in [5.41, 5.74) is 0.929. The van der Waals surface area contributed by atoms with Crippen LogP contribution in [0.3, 0.4) is 0 Å². The Labute approximate surface area is 112 Å². The second-order valence-electron chi connectivity index (χ2n) is 5.30. The number of nitrogens with one attached hydrogen (secondary N) is 1. The predicted molar refractivity (Wildman–Crippen MR) is 72.2 cm³/mol. The normalized spacial score (nSPS) is 26.4. The van der Waals surface area contributed by atoms with Crippen molar-refractivity contribution in [3.8, 4) is 0 Å². The lowest BCUT2D eigenvalue weighted by Gasteiger charge is -2.19. The zero-order valence-electron chi connectivity index (χ0n) is 10.8. The summed E-state index contributed by atoms with van der Waals surface area (Å²) in [5, 5.41) is 3.14. The van der Waals surface area contributed by atoms with Gasteiger partial charge < -0.3 is 5.32 Å². The SMILES string of the molecule is O=C1[C@@H]2CCCC[C@H]2C(=O)N1CNc1ccccc1. The summed E-state index contributed by atoms with van der Waals surface area (Å²) in [6.45, 7) is 0.286. The standard InChI is InChI=1S/C15H18N2O2/c18-14-12-8-4-5-9-13(12)15(19)17(14)10-16-11-6-2-1-3-7-11/h1-3,6-7,12-13,16H,4-5,8-10H2/t12-,13-/m1/s1. The number of fused-ring (bicyclic) bond motifs is 1. The van der Waals surface area contributed by atoms with E-state index in [1.807, 2.05) is 30.3 Å². The lowest BCUT2D eigenvalue weighted by atomic mass is 9.81. The first-order chi connectivity index (χ1) is 9.27. The highest BCUT2D eigenvalue weighted by Gasteiger charge is 2.47. The molecule has 1 heterocycles. The van der Waals surface area contributed by atoms with Gasteiger partial charge in [-0.15, -0.1) is 0 Å². The van der Waals surface area contributed by atoms with E-state index in [0.29, 0.717) is 0 Å². The number of hydrogen-bond acceptors (Lipinski definition) is 3. The van der Waals surface area contributed by atoms with E-state index in [-0.39, 0.29) is 30.3 Å². The maximum atomic E-state index is 12.2. The topological polar surface area (TPSA) is 49.4 Å². The van der Waals surface area contributed by atoms with Gasteiger partial charge in [-0.1, -0.05) is 31.0 Å². The maximum absolute atomic E-state index is 12.2. The third kappa shape index (κ3) is 2.23. The minimum absolute atomic E-state index is 0.0122. The van der Waals surface area contributed by atoms with Crippen molar-refractivity contribution >= 4 is 17.5 Å². The van der Waals surface area contributed by atoms with Gasteiger partial charge in [0.05, 0.1) is 18.5 Å². The molecule has 0 spiro atoms. The van der Waals surface area contributed by atoms with E-state index >= 15 is 0 Å². The van der Waals surface area contributed by atoms with E-state index in [4.69, 9.17) is 0 Å². The van der Waals surface area contributed by atoms with Gasteiger partial charge >= 0.3 is 0 Å². The van der Waals surface area contributed by atoms with Crippen LogP contribution in [-0.2, 0) is 9.59 Å². The van der Waals surface area contributed by atoms with E-state index in [1.165, 1.54) is 4.90 Å². The number of carbonyl (C=O) groups is 2. The van der Waals surface area contributed by atoms with Gasteiger partial charge in [0.15, 0.2) is 0 Å². The zero-order valence-corrected chi connectivity index (χ0v) is 10.8. The molecule has 1 aromatic carbocycles. The summed E-state index contributed by atoms with van der Waals surface area (Å²) in [5.74, 6) is -0.0890. The van der Waals surface area contributed by atoms with E-state index < -0.39 is 0 Å². The molecule has 0 radical (unpaired) electrons. The van der Waals surface area contributed by atoms with Crippen molar-refractivity contribution in [3.05, 3.63) is 30.3 Å². The third-order valence-corrected chi connectivity index (χ3v) is 4.15. The number of hydrogen-bond donors (Lipinski definition) is 1. The number of para-hydroxylation sites is 1. The molecule has 2 aliphatic rings. The van der Waals surface area contributed by atoms with Crippen LogP contribution < -0.4 is 5.32 Å². The maximum Gasteiger partial charge on any atom is 0.234 e. The van der Waals surface area contributed by atoms with Crippen LogP contribution >= 0.6 is 0 Å². The molecule has 0 unspecified atom stereocenters. The minimum atomic E-state index is -0.0566. The van der Waals surface area contributed by atoms with Crippen LogP contribution in [-0.4, -0.2) is 23.4 Å². The van der Waals surface area contributed by atoms with Crippen molar-refractivity contribution in [2.45, 2.75) is 25.7 Å². The zero-order chi connectivity index (χ0) is 13.2. The van der Waals surface area contributed by atoms with Crippen LogP contribution in [0, 0.1) is 11.8 Å². The highest BCUT2D eigenvalue weighted by molar-refractivity contribution is 6.05. The van der Waals surface area contributed by atoms with Crippen molar-refractivity contribution in [3.63, 3.8) is 0 Å². The quantitative estimate of drug-likeness (QED) is 0.846. The fourth-order valence-corrected chi connectivity index (χ4v) is 3.11. The van der Waals surface area contributed by atoms with Crippen LogP contribution in [0.1, 0.15) is 25.7 Å². The van der Waals surface area contributed by atoms with Crippen molar-refractivity contribution in [1.82, 2.24) is 4.90 Å². The molecule has 2 amide bonds. The first-order valence-corrected chi connectivity index (χ1v) is 6.91. The molecule has 2 atom stereocenters. The van der Waals surface area contributed by atoms with Gasteiger partial charge in [-0.2, -0.15) is 0 Å². The number of carbonyl (C=O) groups excluding carboxylic acids is 2. The monoisotopic (exact) mass is 258 g/mol. The summed E-state index contributed by atoms with van der Waals surface area (Å²) >= 11 is 0. The molecular formula is C15H18N2O2. The number of anilines is 1. The largest absolute Gasteiger partial charge is 0.367 e. The third-order valence-electron chi connectivity index (χ3n) is 4.15. The summed E-state index contributed by atoms with van der Waals surface area (Å²) in [7, 11) is 0. The van der Waals surface area contributed by atoms with Gasteiger partial charge in [0.2, 0.25) is 11.8 Å². The molecular weight excluding hydrogens is 240 g/mol. The molecule has 1 aliphatic carbocycles. The van der Waals surface area contributed by atoms with Crippen molar-refractivity contribution in [2.75, 3.05) is 12.0 Å². The summed E-state index contributed by atoms with van der Waals surface area (Å²) in [6, 6.07) is 9.65. The fraction of sp³-hybridized carbons (Fsp3) is 0.467. The summed E-state index contributed by atoms with van der Waals surface area (Å²) in [4.78, 5) is 25.9. The lowest BCUT2D eigenvalue weighted by Crippen LogP contribution is -2.35. The summed E-state index contributed by atoms with van der Waals surface area (Å²) < 4.78 is 0. The van der Waals surface area contributed by atoms with Crippen LogP contribution in [0.25, 0.3) is 0 Å². The number of imide groups is 1. The van der Waals surface area contributed by atoms with Crippen LogP contribution in [0.15, 0.2) is 30.3 Å². The molecule has 1 aromatic rings. The highest BCUT2D eigenvalue weighted by Crippen LogP contribution is 2.37. The average molecular weight is 258 g/mol. The molecule has 0 bridgehead atoms. The molecule has 4 heteroatoms. The molecule has 4 nitrogen and oxygen atoms in total. The van der Waals surface area contributed by atoms with Gasteiger partial charge in [0.25, 0.3) is 0 Å². The Bertz CT molecular complexity index is 462. The van der Waals surface area contributed by atoms with Crippen molar-refractivity contribution in [2.24, 2.45) is 11.8 Å². The smallest absolute Gasteiger partial charge is 0.234 e. The van der Waals surface area contributed by atoms with Gasteiger partial charge in [-0.05, 0) is 25.0 Å². The Morgan fingerprint density at radius 1 is 1.00 bits per heavy atom. The van der Waals surface area contributed by atoms with Gasteiger partial charge in [0.1, 0.15) is 0 Å². The molecule has 3 rings (SSSR count). The lowest BCUT2D eigenvalue weighted by molar-refractivity contribution is -0.139. The molecule has 100 valence electrons. The van der Waals surface area contributed by atoms with E-state index in [2.05, 4.69) is 5.32 Å². The second-order valence-corrected chi connectivity index (χ2v) is 5.30. The Morgan fingerprint density at radius 2 is 1.58 bits per heavy atom. The van der Waals surface area contributed by atoms with E-state index in [1.54, 1.807) is 0 Å². The molecule has 2 fully saturated rings. The molecule has 1 aliphatic heterocycles. The predicted octanol–water partition coefficient (Wildman–Crippen LogP) is 2.23. The first-order valence-electron chi connectivity index (χ1n) is 6.91. The number of nitrogens with zero attached hydrogens (tertiary/aromatic N) is 1. The van der Waals surface area contributed by atoms with Gasteiger partial charge in [-0.25, -0.2) is 0 Å². The molecule has 1 saturated heterocycles. The molecule has 19 heavy (non-hydrogen) atoms.